The molecule has 0 aromatic heterocycles. The van der Waals surface area contributed by atoms with E-state index >= 15 is 0 Å². The lowest BCUT2D eigenvalue weighted by atomic mass is 9.96. The summed E-state index contributed by atoms with van der Waals surface area (Å²) in [6, 6.07) is 15.9. The predicted molar refractivity (Wildman–Crippen MR) is 133 cm³/mol. The minimum Gasteiger partial charge on any atom is -0.343 e. The van der Waals surface area contributed by atoms with E-state index < -0.39 is 0 Å². The van der Waals surface area contributed by atoms with E-state index in [9.17, 15) is 9.59 Å². The molecule has 2 aromatic carbocycles. The molecule has 6 heteroatoms. The Morgan fingerprint density at radius 1 is 1.06 bits per heavy atom. The van der Waals surface area contributed by atoms with E-state index in [-0.39, 0.29) is 17.7 Å². The largest absolute Gasteiger partial charge is 0.343 e. The summed E-state index contributed by atoms with van der Waals surface area (Å²) in [6.45, 7) is 9.70. The van der Waals surface area contributed by atoms with Gasteiger partial charge < -0.3 is 4.90 Å². The van der Waals surface area contributed by atoms with Crippen molar-refractivity contribution >= 4 is 28.9 Å². The second-order valence-corrected chi connectivity index (χ2v) is 8.80. The molecule has 1 atom stereocenters. The molecule has 174 valence electrons. The number of likely N-dealkylation sites (tertiary alicyclic amines) is 1. The summed E-state index contributed by atoms with van der Waals surface area (Å²) >= 11 is 0. The number of carbonyl (C=O) groups is 2. The van der Waals surface area contributed by atoms with Gasteiger partial charge in [-0.2, -0.15) is 0 Å². The van der Waals surface area contributed by atoms with E-state index in [1.807, 2.05) is 60.0 Å². The zero-order valence-corrected chi connectivity index (χ0v) is 20.0. The summed E-state index contributed by atoms with van der Waals surface area (Å²) in [4.78, 5) is 37.1. The van der Waals surface area contributed by atoms with Gasteiger partial charge in [0.25, 0.3) is 5.91 Å². The van der Waals surface area contributed by atoms with Crippen LogP contribution in [0.15, 0.2) is 53.5 Å². The van der Waals surface area contributed by atoms with E-state index in [2.05, 4.69) is 24.0 Å². The lowest BCUT2D eigenvalue weighted by molar-refractivity contribution is -0.136. The Morgan fingerprint density at radius 2 is 1.79 bits per heavy atom. The van der Waals surface area contributed by atoms with Crippen molar-refractivity contribution in [1.29, 1.82) is 0 Å². The van der Waals surface area contributed by atoms with Crippen molar-refractivity contribution < 1.29 is 9.59 Å². The molecule has 2 aromatic rings. The number of aliphatic imine (C=N–C) groups is 1. The molecular formula is C27H34N4O2. The average molecular weight is 447 g/mol. The van der Waals surface area contributed by atoms with Gasteiger partial charge in [-0.15, -0.1) is 0 Å². The number of carbonyl (C=O) groups excluding carboxylic acids is 2. The third kappa shape index (κ3) is 4.86. The molecule has 0 saturated carbocycles. The van der Waals surface area contributed by atoms with Gasteiger partial charge >= 0.3 is 0 Å². The fourth-order valence-corrected chi connectivity index (χ4v) is 4.82. The van der Waals surface area contributed by atoms with Gasteiger partial charge in [-0.3, -0.25) is 19.4 Å². The Balaban J connectivity index is 1.54. The van der Waals surface area contributed by atoms with E-state index in [4.69, 9.17) is 4.99 Å². The summed E-state index contributed by atoms with van der Waals surface area (Å²) in [7, 11) is 0. The summed E-state index contributed by atoms with van der Waals surface area (Å²) in [5.41, 5.74) is 4.29. The summed E-state index contributed by atoms with van der Waals surface area (Å²) in [6.07, 6.45) is 2.85. The van der Waals surface area contributed by atoms with Crippen molar-refractivity contribution in [3.8, 4) is 0 Å². The van der Waals surface area contributed by atoms with Crippen molar-refractivity contribution in [2.45, 2.75) is 40.0 Å². The van der Waals surface area contributed by atoms with Gasteiger partial charge in [-0.25, -0.2) is 4.99 Å². The molecular weight excluding hydrogens is 412 g/mol. The number of fused-ring (bicyclic) bond motifs is 1. The normalized spacial score (nSPS) is 19.7. The maximum atomic E-state index is 13.5. The molecule has 2 heterocycles. The third-order valence-corrected chi connectivity index (χ3v) is 6.75. The first kappa shape index (κ1) is 23.2. The molecule has 4 rings (SSSR count). The minimum absolute atomic E-state index is 0.00295. The molecule has 6 nitrogen and oxygen atoms in total. The highest BCUT2D eigenvalue weighted by Crippen LogP contribution is 2.32. The SMILES string of the molecule is CCc1ccc(N=C2C(=O)N(CN3CCC[C@H](C(=O)N(CC)CC)C3)c3ccccc32)cc1. The molecule has 0 bridgehead atoms. The Morgan fingerprint density at radius 3 is 2.48 bits per heavy atom. The van der Waals surface area contributed by atoms with Gasteiger partial charge in [-0.05, 0) is 63.4 Å². The van der Waals surface area contributed by atoms with Crippen molar-refractivity contribution in [2.75, 3.05) is 37.7 Å². The van der Waals surface area contributed by atoms with Crippen molar-refractivity contribution in [3.63, 3.8) is 0 Å². The first-order valence-corrected chi connectivity index (χ1v) is 12.2. The molecule has 2 aliphatic rings. The van der Waals surface area contributed by atoms with Gasteiger partial charge in [0.2, 0.25) is 5.91 Å². The number of aryl methyl sites for hydroxylation is 1. The fourth-order valence-electron chi connectivity index (χ4n) is 4.82. The molecule has 1 fully saturated rings. The van der Waals surface area contributed by atoms with Gasteiger partial charge in [0.1, 0.15) is 5.71 Å². The van der Waals surface area contributed by atoms with Crippen LogP contribution in [0.1, 0.15) is 44.7 Å². The Labute approximate surface area is 196 Å². The highest BCUT2D eigenvalue weighted by Gasteiger charge is 2.36. The number of anilines is 1. The molecule has 0 spiro atoms. The lowest BCUT2D eigenvalue weighted by Crippen LogP contribution is -2.49. The minimum atomic E-state index is -0.0760. The van der Waals surface area contributed by atoms with Gasteiger partial charge in [0.05, 0.1) is 24.0 Å². The second kappa shape index (κ2) is 10.3. The topological polar surface area (TPSA) is 56.2 Å². The van der Waals surface area contributed by atoms with Crippen LogP contribution < -0.4 is 4.90 Å². The molecule has 0 aliphatic carbocycles. The Bertz CT molecular complexity index is 1030. The smallest absolute Gasteiger partial charge is 0.278 e. The highest BCUT2D eigenvalue weighted by atomic mass is 16.2. The summed E-state index contributed by atoms with van der Waals surface area (Å²) in [5, 5.41) is 0. The summed E-state index contributed by atoms with van der Waals surface area (Å²) in [5.74, 6) is 0.153. The van der Waals surface area contributed by atoms with Crippen LogP contribution in [0, 0.1) is 5.92 Å². The number of rotatable bonds is 7. The van der Waals surface area contributed by atoms with Crippen LogP contribution in [0.5, 0.6) is 0 Å². The van der Waals surface area contributed by atoms with Crippen molar-refractivity contribution in [2.24, 2.45) is 10.9 Å². The maximum Gasteiger partial charge on any atom is 0.278 e. The summed E-state index contributed by atoms with van der Waals surface area (Å²) < 4.78 is 0. The van der Waals surface area contributed by atoms with E-state index in [0.29, 0.717) is 18.9 Å². The van der Waals surface area contributed by atoms with E-state index in [1.54, 1.807) is 0 Å². The number of hydrogen-bond acceptors (Lipinski definition) is 4. The van der Waals surface area contributed by atoms with Crippen molar-refractivity contribution in [3.05, 3.63) is 59.7 Å². The average Bonchev–Trinajstić information content (AvgIpc) is 3.11. The quantitative estimate of drug-likeness (QED) is 0.639. The standard InChI is InChI=1S/C27H34N4O2/c1-4-20-13-15-22(16-14-20)28-25-23-11-7-8-12-24(23)31(27(25)33)19-29-17-9-10-21(18-29)26(32)30(5-2)6-3/h7-8,11-16,21H,4-6,9-10,17-19H2,1-3H3/t21-/m0/s1. The Hall–Kier alpha value is -2.99. The van der Waals surface area contributed by atoms with Gasteiger partial charge in [-0.1, -0.05) is 37.3 Å². The lowest BCUT2D eigenvalue weighted by Gasteiger charge is -2.36. The van der Waals surface area contributed by atoms with E-state index in [1.165, 1.54) is 5.56 Å². The van der Waals surface area contributed by atoms with Crippen LogP contribution >= 0.6 is 0 Å². The van der Waals surface area contributed by atoms with Crippen LogP contribution in [0.4, 0.5) is 11.4 Å². The molecule has 2 aliphatic heterocycles. The van der Waals surface area contributed by atoms with Crippen molar-refractivity contribution in [1.82, 2.24) is 9.80 Å². The van der Waals surface area contributed by atoms with E-state index in [0.717, 1.165) is 55.8 Å². The monoisotopic (exact) mass is 446 g/mol. The van der Waals surface area contributed by atoms with Crippen LogP contribution in [0.2, 0.25) is 0 Å². The molecule has 1 saturated heterocycles. The highest BCUT2D eigenvalue weighted by molar-refractivity contribution is 6.54. The molecule has 2 amide bonds. The second-order valence-electron chi connectivity index (χ2n) is 8.80. The third-order valence-electron chi connectivity index (χ3n) is 6.75. The molecule has 33 heavy (non-hydrogen) atoms. The molecule has 0 N–H and O–H groups in total. The number of benzene rings is 2. The Kier molecular flexibility index (Phi) is 7.23. The van der Waals surface area contributed by atoms with Gasteiger partial charge in [0.15, 0.2) is 0 Å². The van der Waals surface area contributed by atoms with Crippen LogP contribution in [-0.2, 0) is 16.0 Å². The molecule has 0 unspecified atom stereocenters. The number of hydrogen-bond donors (Lipinski definition) is 0. The maximum absolute atomic E-state index is 13.5. The number of para-hydroxylation sites is 1. The number of nitrogens with zero attached hydrogens (tertiary/aromatic N) is 4. The number of piperidine rings is 1. The predicted octanol–water partition coefficient (Wildman–Crippen LogP) is 4.25. The first-order valence-electron chi connectivity index (χ1n) is 12.2. The fraction of sp³-hybridized carbons (Fsp3) is 0.444. The number of amides is 2. The van der Waals surface area contributed by atoms with Gasteiger partial charge in [0, 0.05) is 25.2 Å². The zero-order valence-electron chi connectivity index (χ0n) is 20.0. The zero-order chi connectivity index (χ0) is 23.4. The van der Waals surface area contributed by atoms with Crippen LogP contribution in [0.3, 0.4) is 0 Å². The molecule has 0 radical (unpaired) electrons. The first-order chi connectivity index (χ1) is 16.0. The van der Waals surface area contributed by atoms with Crippen LogP contribution in [0.25, 0.3) is 0 Å². The van der Waals surface area contributed by atoms with Crippen LogP contribution in [-0.4, -0.2) is 60.2 Å².